The van der Waals surface area contributed by atoms with Gasteiger partial charge in [0.15, 0.2) is 0 Å². The third-order valence-electron chi connectivity index (χ3n) is 8.79. The maximum Gasteiger partial charge on any atom is 0.266 e. The van der Waals surface area contributed by atoms with E-state index in [1.165, 1.54) is 9.13 Å². The first-order chi connectivity index (χ1) is 20.7. The molecule has 0 aliphatic carbocycles. The fourth-order valence-electron chi connectivity index (χ4n) is 6.17. The van der Waals surface area contributed by atoms with Crippen molar-refractivity contribution in [3.8, 4) is 11.4 Å². The molecule has 0 fully saturated rings. The summed E-state index contributed by atoms with van der Waals surface area (Å²) in [5, 5.41) is 4.47. The van der Waals surface area contributed by atoms with Crippen LogP contribution in [0.1, 0.15) is 52.7 Å². The second kappa shape index (κ2) is 9.20. The van der Waals surface area contributed by atoms with E-state index in [-0.39, 0.29) is 33.1 Å². The lowest BCUT2D eigenvalue weighted by Gasteiger charge is -2.19. The fourth-order valence-corrected chi connectivity index (χ4v) is 6.17. The van der Waals surface area contributed by atoms with Crippen LogP contribution < -0.4 is 22.2 Å². The Hall–Kier alpha value is -5.10. The summed E-state index contributed by atoms with van der Waals surface area (Å²) in [6.07, 6.45) is 0. The Morgan fingerprint density at radius 3 is 0.864 bits per heavy atom. The smallest absolute Gasteiger partial charge is 0.266 e. The lowest BCUT2D eigenvalue weighted by atomic mass is 9.87. The monoisotopic (exact) mass is 580 g/mol. The Bertz CT molecular complexity index is 2220. The predicted octanol–water partition coefficient (Wildman–Crippen LogP) is 6.79. The molecule has 0 aliphatic heterocycles. The van der Waals surface area contributed by atoms with Crippen molar-refractivity contribution in [3.63, 3.8) is 0 Å². The zero-order valence-corrected chi connectivity index (χ0v) is 25.6. The molecular weight excluding hydrogens is 548 g/mol. The first kappa shape index (κ1) is 27.7. The molecule has 2 aromatic heterocycles. The Kier molecular flexibility index (Phi) is 5.79. The van der Waals surface area contributed by atoms with Gasteiger partial charge in [-0.25, -0.2) is 9.13 Å². The highest BCUT2D eigenvalue weighted by molar-refractivity contribution is 6.08. The van der Waals surface area contributed by atoms with E-state index in [2.05, 4.69) is 41.5 Å². The summed E-state index contributed by atoms with van der Waals surface area (Å²) in [7, 11) is 0. The lowest BCUT2D eigenvalue weighted by Crippen LogP contribution is -2.23. The zero-order chi connectivity index (χ0) is 31.3. The molecule has 0 atom stereocenters. The van der Waals surface area contributed by atoms with Crippen molar-refractivity contribution in [3.05, 3.63) is 137 Å². The molecule has 6 nitrogen and oxygen atoms in total. The van der Waals surface area contributed by atoms with E-state index < -0.39 is 0 Å². The molecular formula is C38H32N2O4. The van der Waals surface area contributed by atoms with Gasteiger partial charge in [-0.2, -0.15) is 0 Å². The van der Waals surface area contributed by atoms with E-state index in [0.29, 0.717) is 32.9 Å². The molecule has 5 aromatic carbocycles. The summed E-state index contributed by atoms with van der Waals surface area (Å²) in [5.41, 5.74) is 1.74. The van der Waals surface area contributed by atoms with E-state index in [4.69, 9.17) is 0 Å². The van der Waals surface area contributed by atoms with E-state index >= 15 is 0 Å². The van der Waals surface area contributed by atoms with Gasteiger partial charge >= 0.3 is 0 Å². The number of aromatic nitrogens is 2. The van der Waals surface area contributed by atoms with Crippen molar-refractivity contribution in [2.45, 2.75) is 52.4 Å². The molecule has 2 heterocycles. The van der Waals surface area contributed by atoms with Crippen LogP contribution in [0.2, 0.25) is 0 Å². The molecule has 6 heteroatoms. The molecule has 7 aromatic rings. The fraction of sp³-hybridized carbons (Fsp3) is 0.211. The molecule has 0 radical (unpaired) electrons. The molecule has 0 aliphatic rings. The highest BCUT2D eigenvalue weighted by atomic mass is 16.2. The first-order valence-electron chi connectivity index (χ1n) is 14.8. The third kappa shape index (κ3) is 4.16. The number of hydrogen-bond donors (Lipinski definition) is 0. The maximum atomic E-state index is 13.5. The number of hydrogen-bond acceptors (Lipinski definition) is 4. The molecule has 0 saturated carbocycles. The molecule has 0 unspecified atom stereocenters. The van der Waals surface area contributed by atoms with Gasteiger partial charge in [0.05, 0.1) is 32.9 Å². The standard InChI is InChI=1S/C38H32N2O4/c1-37(2,3)25-7-11-27(12-8-25)39-33(41)29-17-21-15-23-19-31-32(20-24(23)16-22(21)18-30(29)34(39)42)36(44)40(35(31)43)28-13-9-26(10-14-28)38(4,5)6/h7-20H,1-6H3. The predicted molar refractivity (Wildman–Crippen MR) is 180 cm³/mol. The number of nitrogens with zero attached hydrogens (tertiary/aromatic N) is 2. The number of fused-ring (bicyclic) bond motifs is 4. The first-order valence-corrected chi connectivity index (χ1v) is 14.8. The van der Waals surface area contributed by atoms with Crippen molar-refractivity contribution in [1.29, 1.82) is 0 Å². The molecule has 0 spiro atoms. The Labute approximate surface area is 253 Å². The van der Waals surface area contributed by atoms with Gasteiger partial charge in [-0.3, -0.25) is 19.2 Å². The van der Waals surface area contributed by atoms with Gasteiger partial charge in [-0.05, 0) is 104 Å². The second-order valence-corrected chi connectivity index (χ2v) is 13.8. The maximum absolute atomic E-state index is 13.5. The molecule has 7 rings (SSSR count). The Morgan fingerprint density at radius 2 is 0.636 bits per heavy atom. The minimum Gasteiger partial charge on any atom is -0.268 e. The van der Waals surface area contributed by atoms with Crippen molar-refractivity contribution in [2.75, 3.05) is 0 Å². The van der Waals surface area contributed by atoms with Crippen LogP contribution in [0, 0.1) is 0 Å². The average Bonchev–Trinajstić information content (AvgIpc) is 3.36. The molecule has 44 heavy (non-hydrogen) atoms. The van der Waals surface area contributed by atoms with Gasteiger partial charge in [0.2, 0.25) is 0 Å². The normalized spacial score (nSPS) is 12.7. The zero-order valence-electron chi connectivity index (χ0n) is 25.6. The largest absolute Gasteiger partial charge is 0.268 e. The summed E-state index contributed by atoms with van der Waals surface area (Å²) >= 11 is 0. The van der Waals surface area contributed by atoms with Crippen LogP contribution in [0.3, 0.4) is 0 Å². The van der Waals surface area contributed by atoms with Gasteiger partial charge in [0, 0.05) is 0 Å². The van der Waals surface area contributed by atoms with E-state index in [1.54, 1.807) is 24.3 Å². The van der Waals surface area contributed by atoms with E-state index in [0.717, 1.165) is 32.7 Å². The van der Waals surface area contributed by atoms with Gasteiger partial charge in [0.25, 0.3) is 22.2 Å². The van der Waals surface area contributed by atoms with Crippen LogP contribution >= 0.6 is 0 Å². The quantitative estimate of drug-likeness (QED) is 0.211. The Morgan fingerprint density at radius 1 is 0.386 bits per heavy atom. The Balaban J connectivity index is 1.38. The summed E-state index contributed by atoms with van der Waals surface area (Å²) < 4.78 is 2.45. The van der Waals surface area contributed by atoms with Crippen molar-refractivity contribution in [2.24, 2.45) is 0 Å². The van der Waals surface area contributed by atoms with Gasteiger partial charge in [0.1, 0.15) is 0 Å². The summed E-state index contributed by atoms with van der Waals surface area (Å²) in [4.78, 5) is 54.0. The van der Waals surface area contributed by atoms with Crippen molar-refractivity contribution < 1.29 is 0 Å². The molecule has 218 valence electrons. The highest BCUT2D eigenvalue weighted by Gasteiger charge is 2.20. The number of benzene rings is 5. The van der Waals surface area contributed by atoms with Gasteiger partial charge in [-0.1, -0.05) is 65.8 Å². The minimum atomic E-state index is -0.363. The molecule has 0 amide bonds. The van der Waals surface area contributed by atoms with Crippen molar-refractivity contribution in [1.82, 2.24) is 9.13 Å². The summed E-state index contributed by atoms with van der Waals surface area (Å²) in [5.74, 6) is 0. The average molecular weight is 581 g/mol. The lowest BCUT2D eigenvalue weighted by molar-refractivity contribution is 0.590. The molecule has 0 saturated heterocycles. The van der Waals surface area contributed by atoms with Crippen molar-refractivity contribution >= 4 is 43.1 Å². The number of rotatable bonds is 2. The highest BCUT2D eigenvalue weighted by Crippen LogP contribution is 2.29. The van der Waals surface area contributed by atoms with Crippen LogP contribution in [-0.2, 0) is 10.8 Å². The summed E-state index contributed by atoms with van der Waals surface area (Å²) in [6.45, 7) is 12.7. The van der Waals surface area contributed by atoms with E-state index in [9.17, 15) is 19.2 Å². The van der Waals surface area contributed by atoms with Crippen LogP contribution in [-0.4, -0.2) is 9.13 Å². The third-order valence-corrected chi connectivity index (χ3v) is 8.79. The SMILES string of the molecule is CC(C)(C)c1ccc(-n2c(=O)c3cc4cc5cc6c(=O)n(-c7ccc(C(C)(C)C)cc7)c(=O)c6cc5cc4cc3c2=O)cc1. The summed E-state index contributed by atoms with van der Waals surface area (Å²) in [6, 6.07) is 25.9. The van der Waals surface area contributed by atoms with E-state index in [1.807, 2.05) is 60.7 Å². The van der Waals surface area contributed by atoms with Crippen LogP contribution in [0.4, 0.5) is 0 Å². The topological polar surface area (TPSA) is 78.1 Å². The van der Waals surface area contributed by atoms with Crippen LogP contribution in [0.5, 0.6) is 0 Å². The molecule has 0 bridgehead atoms. The van der Waals surface area contributed by atoms with Crippen LogP contribution in [0.15, 0.2) is 104 Å². The second-order valence-electron chi connectivity index (χ2n) is 13.8. The van der Waals surface area contributed by atoms with Crippen LogP contribution in [0.25, 0.3) is 54.5 Å². The minimum absolute atomic E-state index is 0.0499. The van der Waals surface area contributed by atoms with Gasteiger partial charge < -0.3 is 0 Å². The molecule has 0 N–H and O–H groups in total. The van der Waals surface area contributed by atoms with Gasteiger partial charge in [-0.15, -0.1) is 0 Å².